The zero-order valence-corrected chi connectivity index (χ0v) is 16.7. The summed E-state index contributed by atoms with van der Waals surface area (Å²) in [7, 11) is 0. The molecule has 28 heavy (non-hydrogen) atoms. The van der Waals surface area contributed by atoms with Crippen LogP contribution in [0.25, 0.3) is 11.1 Å². The summed E-state index contributed by atoms with van der Waals surface area (Å²) in [6.07, 6.45) is 4.98. The van der Waals surface area contributed by atoms with Crippen LogP contribution in [-0.4, -0.2) is 29.8 Å². The van der Waals surface area contributed by atoms with Crippen molar-refractivity contribution in [2.24, 2.45) is 0 Å². The standard InChI is InChI=1S/C23H26N2O2.ClH/c26-22(18-8-6-17(7-9-18)16-4-2-1-3-5-16)12-13-23(27)25-21-14-19-10-11-20(15-21)24-19;/h1-9,19-21,24H,10-15H2,(H,25,27);1H. The number of halogens is 1. The lowest BCUT2D eigenvalue weighted by Crippen LogP contribution is -2.48. The average Bonchev–Trinajstić information content (AvgIpc) is 3.05. The second-order valence-corrected chi connectivity index (χ2v) is 7.74. The molecule has 2 aromatic carbocycles. The van der Waals surface area contributed by atoms with Crippen LogP contribution >= 0.6 is 12.4 Å². The van der Waals surface area contributed by atoms with Crippen molar-refractivity contribution < 1.29 is 9.59 Å². The van der Waals surface area contributed by atoms with Crippen molar-refractivity contribution in [3.63, 3.8) is 0 Å². The molecule has 4 rings (SSSR count). The maximum absolute atomic E-state index is 12.4. The minimum Gasteiger partial charge on any atom is -0.353 e. The van der Waals surface area contributed by atoms with Gasteiger partial charge in [-0.1, -0.05) is 54.6 Å². The fourth-order valence-corrected chi connectivity index (χ4v) is 4.33. The Morgan fingerprint density at radius 3 is 2.11 bits per heavy atom. The van der Waals surface area contributed by atoms with Gasteiger partial charge in [0.15, 0.2) is 5.78 Å². The number of fused-ring (bicyclic) bond motifs is 2. The van der Waals surface area contributed by atoms with E-state index in [0.29, 0.717) is 17.6 Å². The van der Waals surface area contributed by atoms with E-state index in [1.54, 1.807) is 0 Å². The molecule has 0 aliphatic carbocycles. The molecule has 2 N–H and O–H groups in total. The van der Waals surface area contributed by atoms with Gasteiger partial charge >= 0.3 is 0 Å². The van der Waals surface area contributed by atoms with Crippen LogP contribution in [0.15, 0.2) is 54.6 Å². The molecule has 0 saturated carbocycles. The van der Waals surface area contributed by atoms with E-state index >= 15 is 0 Å². The summed E-state index contributed by atoms with van der Waals surface area (Å²) in [5.74, 6) is 0.0192. The van der Waals surface area contributed by atoms with E-state index in [0.717, 1.165) is 24.0 Å². The molecule has 2 bridgehead atoms. The summed E-state index contributed by atoms with van der Waals surface area (Å²) in [6, 6.07) is 19.1. The molecule has 2 atom stereocenters. The van der Waals surface area contributed by atoms with Crippen molar-refractivity contribution >= 4 is 24.1 Å². The van der Waals surface area contributed by atoms with E-state index in [1.165, 1.54) is 12.8 Å². The number of nitrogens with one attached hydrogen (secondary N) is 2. The molecule has 148 valence electrons. The van der Waals surface area contributed by atoms with Crippen molar-refractivity contribution in [1.82, 2.24) is 10.6 Å². The van der Waals surface area contributed by atoms with Crippen LogP contribution in [0, 0.1) is 0 Å². The number of ketones is 1. The number of carbonyl (C=O) groups is 2. The van der Waals surface area contributed by atoms with Gasteiger partial charge in [-0.3, -0.25) is 9.59 Å². The zero-order valence-electron chi connectivity index (χ0n) is 15.9. The second kappa shape index (κ2) is 9.35. The van der Waals surface area contributed by atoms with E-state index < -0.39 is 0 Å². The molecule has 2 aliphatic heterocycles. The molecule has 1 amide bonds. The van der Waals surface area contributed by atoms with E-state index in [-0.39, 0.29) is 43.0 Å². The molecular weight excluding hydrogens is 372 g/mol. The molecular formula is C23H27ClN2O2. The first-order valence-electron chi connectivity index (χ1n) is 9.91. The Bertz CT molecular complexity index is 795. The number of Topliss-reactive ketones (excluding diaryl/α,β-unsaturated/α-hetero) is 1. The maximum Gasteiger partial charge on any atom is 0.220 e. The lowest BCUT2D eigenvalue weighted by molar-refractivity contribution is -0.122. The van der Waals surface area contributed by atoms with E-state index in [1.807, 2.05) is 54.6 Å². The van der Waals surface area contributed by atoms with Gasteiger partial charge in [-0.2, -0.15) is 0 Å². The Morgan fingerprint density at radius 1 is 0.857 bits per heavy atom. The van der Waals surface area contributed by atoms with E-state index in [2.05, 4.69) is 10.6 Å². The lowest BCUT2D eigenvalue weighted by Gasteiger charge is -2.29. The van der Waals surface area contributed by atoms with Crippen molar-refractivity contribution in [3.8, 4) is 11.1 Å². The Morgan fingerprint density at radius 2 is 1.46 bits per heavy atom. The van der Waals surface area contributed by atoms with Crippen molar-refractivity contribution in [2.75, 3.05) is 0 Å². The molecule has 2 unspecified atom stereocenters. The van der Waals surface area contributed by atoms with Crippen LogP contribution in [0.4, 0.5) is 0 Å². The molecule has 0 aromatic heterocycles. The molecule has 4 nitrogen and oxygen atoms in total. The molecule has 2 heterocycles. The van der Waals surface area contributed by atoms with Gasteiger partial charge in [0.2, 0.25) is 5.91 Å². The van der Waals surface area contributed by atoms with Crippen molar-refractivity contribution in [2.45, 2.75) is 56.7 Å². The van der Waals surface area contributed by atoms with Gasteiger partial charge in [0.25, 0.3) is 0 Å². The summed E-state index contributed by atoms with van der Waals surface area (Å²) in [4.78, 5) is 24.6. The molecule has 2 fully saturated rings. The third-order valence-corrected chi connectivity index (χ3v) is 5.73. The van der Waals surface area contributed by atoms with Crippen LogP contribution in [0.5, 0.6) is 0 Å². The number of piperidine rings is 1. The van der Waals surface area contributed by atoms with Gasteiger partial charge < -0.3 is 10.6 Å². The number of hydrogen-bond acceptors (Lipinski definition) is 3. The average molecular weight is 399 g/mol. The van der Waals surface area contributed by atoms with Gasteiger partial charge in [0, 0.05) is 36.5 Å². The predicted octanol–water partition coefficient (Wildman–Crippen LogP) is 4.14. The van der Waals surface area contributed by atoms with Crippen molar-refractivity contribution in [3.05, 3.63) is 60.2 Å². The highest BCUT2D eigenvalue weighted by Gasteiger charge is 2.33. The first kappa shape index (κ1) is 20.6. The van der Waals surface area contributed by atoms with Crippen LogP contribution in [0.1, 0.15) is 48.9 Å². The van der Waals surface area contributed by atoms with Gasteiger partial charge in [0.05, 0.1) is 0 Å². The third-order valence-electron chi connectivity index (χ3n) is 5.73. The fraction of sp³-hybridized carbons (Fsp3) is 0.391. The van der Waals surface area contributed by atoms with Crippen LogP contribution < -0.4 is 10.6 Å². The maximum atomic E-state index is 12.4. The molecule has 2 aromatic rings. The van der Waals surface area contributed by atoms with Crippen LogP contribution in [-0.2, 0) is 4.79 Å². The number of rotatable bonds is 6. The summed E-state index contributed by atoms with van der Waals surface area (Å²) in [5.41, 5.74) is 2.89. The predicted molar refractivity (Wildman–Crippen MR) is 114 cm³/mol. The number of benzene rings is 2. The largest absolute Gasteiger partial charge is 0.353 e. The van der Waals surface area contributed by atoms with Crippen LogP contribution in [0.3, 0.4) is 0 Å². The Hall–Kier alpha value is -2.17. The van der Waals surface area contributed by atoms with E-state index in [9.17, 15) is 9.59 Å². The lowest BCUT2D eigenvalue weighted by atomic mass is 9.99. The summed E-state index contributed by atoms with van der Waals surface area (Å²) >= 11 is 0. The highest BCUT2D eigenvalue weighted by Crippen LogP contribution is 2.27. The van der Waals surface area contributed by atoms with E-state index in [4.69, 9.17) is 0 Å². The number of amides is 1. The minimum atomic E-state index is -0.00412. The highest BCUT2D eigenvalue weighted by molar-refractivity contribution is 5.98. The van der Waals surface area contributed by atoms with Gasteiger partial charge in [-0.05, 0) is 36.8 Å². The molecule has 2 aliphatic rings. The van der Waals surface area contributed by atoms with Crippen LogP contribution in [0.2, 0.25) is 0 Å². The molecule has 0 radical (unpaired) electrons. The van der Waals surface area contributed by atoms with Gasteiger partial charge in [-0.15, -0.1) is 12.4 Å². The summed E-state index contributed by atoms with van der Waals surface area (Å²) in [5, 5.41) is 6.70. The zero-order chi connectivity index (χ0) is 18.6. The number of hydrogen-bond donors (Lipinski definition) is 2. The Labute approximate surface area is 172 Å². The molecule has 0 spiro atoms. The number of carbonyl (C=O) groups excluding carboxylic acids is 2. The third kappa shape index (κ3) is 5.00. The Balaban J connectivity index is 0.00000225. The van der Waals surface area contributed by atoms with Gasteiger partial charge in [0.1, 0.15) is 0 Å². The Kier molecular flexibility index (Phi) is 6.87. The topological polar surface area (TPSA) is 58.2 Å². The molecule has 2 saturated heterocycles. The monoisotopic (exact) mass is 398 g/mol. The first-order valence-corrected chi connectivity index (χ1v) is 9.91. The highest BCUT2D eigenvalue weighted by atomic mass is 35.5. The summed E-state index contributed by atoms with van der Waals surface area (Å²) in [6.45, 7) is 0. The molecule has 5 heteroatoms. The van der Waals surface area contributed by atoms with Gasteiger partial charge in [-0.25, -0.2) is 0 Å². The normalized spacial score (nSPS) is 22.9. The second-order valence-electron chi connectivity index (χ2n) is 7.74. The quantitative estimate of drug-likeness (QED) is 0.719. The summed E-state index contributed by atoms with van der Waals surface area (Å²) < 4.78 is 0. The smallest absolute Gasteiger partial charge is 0.220 e. The minimum absolute atomic E-state index is 0. The van der Waals surface area contributed by atoms with Crippen molar-refractivity contribution in [1.29, 1.82) is 0 Å². The first-order chi connectivity index (χ1) is 13.2. The fourth-order valence-electron chi connectivity index (χ4n) is 4.33. The SMILES string of the molecule is Cl.O=C(CCC(=O)c1ccc(-c2ccccc2)cc1)NC1CC2CCC(C1)N2.